The van der Waals surface area contributed by atoms with E-state index in [-0.39, 0.29) is 0 Å². The molecule has 0 aromatic heterocycles. The van der Waals surface area contributed by atoms with Crippen molar-refractivity contribution >= 4 is 0 Å². The Bertz CT molecular complexity index is 194. The Hall–Kier alpha value is -0.120. The van der Waals surface area contributed by atoms with Crippen molar-refractivity contribution in [3.63, 3.8) is 0 Å². The molecule has 2 aliphatic rings. The van der Waals surface area contributed by atoms with Gasteiger partial charge in [0.2, 0.25) is 0 Å². The molecular formula is C12H24N2O. The summed E-state index contributed by atoms with van der Waals surface area (Å²) in [5, 5.41) is 12.6. The summed E-state index contributed by atoms with van der Waals surface area (Å²) in [6.07, 6.45) is 6.15. The maximum absolute atomic E-state index is 8.94. The quantitative estimate of drug-likeness (QED) is 0.689. The van der Waals surface area contributed by atoms with Crippen LogP contribution in [0.3, 0.4) is 0 Å². The second-order valence-electron chi connectivity index (χ2n) is 5.00. The van der Waals surface area contributed by atoms with Crippen LogP contribution in [0.5, 0.6) is 0 Å². The first-order chi connectivity index (χ1) is 7.33. The van der Waals surface area contributed by atoms with Crippen molar-refractivity contribution in [2.75, 3.05) is 19.7 Å². The van der Waals surface area contributed by atoms with E-state index in [1.165, 1.54) is 32.4 Å². The molecule has 0 bridgehead atoms. The molecule has 2 fully saturated rings. The van der Waals surface area contributed by atoms with Crippen molar-refractivity contribution in [1.29, 1.82) is 0 Å². The van der Waals surface area contributed by atoms with Crippen molar-refractivity contribution in [2.45, 2.75) is 57.2 Å². The number of nitrogens with one attached hydrogen (secondary N) is 1. The average Bonchev–Trinajstić information content (AvgIpc) is 2.99. The zero-order valence-electron chi connectivity index (χ0n) is 9.78. The standard InChI is InChI=1S/C12H24N2O/c1-2-10(6-8-15)13-11-5-7-14(9-11)12-3-4-12/h10-13,15H,2-9H2,1H3. The van der Waals surface area contributed by atoms with Crippen molar-refractivity contribution in [1.82, 2.24) is 10.2 Å². The first kappa shape index (κ1) is 11.4. The highest BCUT2D eigenvalue weighted by atomic mass is 16.3. The summed E-state index contributed by atoms with van der Waals surface area (Å²) in [6, 6.07) is 2.09. The van der Waals surface area contributed by atoms with Gasteiger partial charge in [-0.05, 0) is 32.1 Å². The van der Waals surface area contributed by atoms with Gasteiger partial charge in [0.1, 0.15) is 0 Å². The molecule has 88 valence electrons. The third kappa shape index (κ3) is 3.16. The molecule has 1 aliphatic heterocycles. The minimum atomic E-state index is 0.310. The molecule has 3 nitrogen and oxygen atoms in total. The largest absolute Gasteiger partial charge is 0.396 e. The smallest absolute Gasteiger partial charge is 0.0445 e. The van der Waals surface area contributed by atoms with Gasteiger partial charge in [-0.3, -0.25) is 4.90 Å². The molecule has 3 heteroatoms. The Kier molecular flexibility index (Phi) is 4.00. The third-order valence-corrected chi connectivity index (χ3v) is 3.72. The number of aliphatic hydroxyl groups is 1. The summed E-state index contributed by atoms with van der Waals surface area (Å²) in [5.41, 5.74) is 0. The SMILES string of the molecule is CCC(CCO)NC1CCN(C2CC2)C1. The molecule has 0 spiro atoms. The van der Waals surface area contributed by atoms with E-state index in [0.29, 0.717) is 18.7 Å². The first-order valence-corrected chi connectivity index (χ1v) is 6.44. The van der Waals surface area contributed by atoms with Crippen LogP contribution in [0, 0.1) is 0 Å². The number of rotatable bonds is 6. The lowest BCUT2D eigenvalue weighted by molar-refractivity contribution is 0.252. The van der Waals surface area contributed by atoms with Crippen LogP contribution in [0.15, 0.2) is 0 Å². The second-order valence-corrected chi connectivity index (χ2v) is 5.00. The molecule has 2 rings (SSSR count). The lowest BCUT2D eigenvalue weighted by atomic mass is 10.1. The lowest BCUT2D eigenvalue weighted by Gasteiger charge is -2.21. The van der Waals surface area contributed by atoms with Crippen LogP contribution in [-0.2, 0) is 0 Å². The molecule has 15 heavy (non-hydrogen) atoms. The van der Waals surface area contributed by atoms with E-state index in [4.69, 9.17) is 5.11 Å². The fourth-order valence-corrected chi connectivity index (χ4v) is 2.59. The van der Waals surface area contributed by atoms with Crippen LogP contribution in [0.1, 0.15) is 39.0 Å². The van der Waals surface area contributed by atoms with Gasteiger partial charge < -0.3 is 10.4 Å². The molecule has 2 N–H and O–H groups in total. The molecule has 0 aromatic rings. The van der Waals surface area contributed by atoms with Gasteiger partial charge in [-0.2, -0.15) is 0 Å². The van der Waals surface area contributed by atoms with Crippen LogP contribution in [-0.4, -0.2) is 47.8 Å². The Labute approximate surface area is 92.8 Å². The fourth-order valence-electron chi connectivity index (χ4n) is 2.59. The Morgan fingerprint density at radius 1 is 1.40 bits per heavy atom. The predicted molar refractivity (Wildman–Crippen MR) is 61.9 cm³/mol. The minimum absolute atomic E-state index is 0.310. The van der Waals surface area contributed by atoms with Gasteiger partial charge in [-0.15, -0.1) is 0 Å². The summed E-state index contributed by atoms with van der Waals surface area (Å²) in [4.78, 5) is 2.63. The van der Waals surface area contributed by atoms with E-state index in [0.717, 1.165) is 18.9 Å². The number of nitrogens with zero attached hydrogens (tertiary/aromatic N) is 1. The third-order valence-electron chi connectivity index (χ3n) is 3.72. The summed E-state index contributed by atoms with van der Waals surface area (Å²) < 4.78 is 0. The molecule has 1 heterocycles. The van der Waals surface area contributed by atoms with Crippen LogP contribution in [0.2, 0.25) is 0 Å². The topological polar surface area (TPSA) is 35.5 Å². The highest BCUT2D eigenvalue weighted by Crippen LogP contribution is 2.29. The van der Waals surface area contributed by atoms with Crippen molar-refractivity contribution in [3.05, 3.63) is 0 Å². The van der Waals surface area contributed by atoms with Crippen molar-refractivity contribution in [3.8, 4) is 0 Å². The molecule has 1 aliphatic carbocycles. The van der Waals surface area contributed by atoms with Gasteiger partial charge in [0.05, 0.1) is 0 Å². The van der Waals surface area contributed by atoms with E-state index >= 15 is 0 Å². The Morgan fingerprint density at radius 3 is 2.80 bits per heavy atom. The molecular weight excluding hydrogens is 188 g/mol. The number of hydrogen-bond acceptors (Lipinski definition) is 3. The van der Waals surface area contributed by atoms with E-state index in [1.807, 2.05) is 0 Å². The monoisotopic (exact) mass is 212 g/mol. The minimum Gasteiger partial charge on any atom is -0.396 e. The van der Waals surface area contributed by atoms with Gasteiger partial charge in [0.25, 0.3) is 0 Å². The Balaban J connectivity index is 1.70. The zero-order chi connectivity index (χ0) is 10.7. The van der Waals surface area contributed by atoms with Crippen LogP contribution < -0.4 is 5.32 Å². The maximum atomic E-state index is 8.94. The van der Waals surface area contributed by atoms with Crippen LogP contribution in [0.25, 0.3) is 0 Å². The number of likely N-dealkylation sites (tertiary alicyclic amines) is 1. The van der Waals surface area contributed by atoms with Gasteiger partial charge in [0.15, 0.2) is 0 Å². The first-order valence-electron chi connectivity index (χ1n) is 6.44. The van der Waals surface area contributed by atoms with E-state index in [9.17, 15) is 0 Å². The molecule has 1 saturated carbocycles. The van der Waals surface area contributed by atoms with Crippen molar-refractivity contribution < 1.29 is 5.11 Å². The molecule has 0 radical (unpaired) electrons. The Morgan fingerprint density at radius 2 is 2.20 bits per heavy atom. The van der Waals surface area contributed by atoms with Crippen LogP contribution >= 0.6 is 0 Å². The summed E-state index contributed by atoms with van der Waals surface area (Å²) in [5.74, 6) is 0. The molecule has 0 aromatic carbocycles. The average molecular weight is 212 g/mol. The van der Waals surface area contributed by atoms with E-state index < -0.39 is 0 Å². The van der Waals surface area contributed by atoms with Crippen molar-refractivity contribution in [2.24, 2.45) is 0 Å². The highest BCUT2D eigenvalue weighted by Gasteiger charge is 2.34. The van der Waals surface area contributed by atoms with E-state index in [1.54, 1.807) is 0 Å². The van der Waals surface area contributed by atoms with Gasteiger partial charge in [0, 0.05) is 37.8 Å². The van der Waals surface area contributed by atoms with Gasteiger partial charge in [-0.1, -0.05) is 6.92 Å². The molecule has 2 atom stereocenters. The molecule has 0 amide bonds. The zero-order valence-corrected chi connectivity index (χ0v) is 9.78. The molecule has 2 unspecified atom stereocenters. The fraction of sp³-hybridized carbons (Fsp3) is 1.00. The second kappa shape index (κ2) is 5.28. The van der Waals surface area contributed by atoms with Crippen LogP contribution in [0.4, 0.5) is 0 Å². The highest BCUT2D eigenvalue weighted by molar-refractivity contribution is 4.92. The number of hydrogen-bond donors (Lipinski definition) is 2. The summed E-state index contributed by atoms with van der Waals surface area (Å²) >= 11 is 0. The van der Waals surface area contributed by atoms with Gasteiger partial charge >= 0.3 is 0 Å². The predicted octanol–water partition coefficient (Wildman–Crippen LogP) is 0.974. The summed E-state index contributed by atoms with van der Waals surface area (Å²) in [6.45, 7) is 5.01. The lowest BCUT2D eigenvalue weighted by Crippen LogP contribution is -2.40. The molecule has 1 saturated heterocycles. The maximum Gasteiger partial charge on any atom is 0.0445 e. The number of aliphatic hydroxyl groups excluding tert-OH is 1. The summed E-state index contributed by atoms with van der Waals surface area (Å²) in [7, 11) is 0. The van der Waals surface area contributed by atoms with E-state index in [2.05, 4.69) is 17.1 Å². The van der Waals surface area contributed by atoms with Gasteiger partial charge in [-0.25, -0.2) is 0 Å². The normalized spacial score (nSPS) is 29.6.